The Hall–Kier alpha value is -1.15. The molecule has 1 nitrogen and oxygen atoms in total. The third kappa shape index (κ3) is 3.85. The summed E-state index contributed by atoms with van der Waals surface area (Å²) in [5, 5.41) is 8.52. The van der Waals surface area contributed by atoms with E-state index in [0.29, 0.717) is 0 Å². The smallest absolute Gasteiger partial charge is 0.123 e. The molecule has 0 saturated carbocycles. The van der Waals surface area contributed by atoms with Crippen molar-refractivity contribution in [2.75, 3.05) is 6.61 Å². The van der Waals surface area contributed by atoms with Crippen molar-refractivity contribution >= 4 is 6.08 Å². The van der Waals surface area contributed by atoms with Gasteiger partial charge in [-0.2, -0.15) is 0 Å². The van der Waals surface area contributed by atoms with Crippen molar-refractivity contribution in [1.29, 1.82) is 0 Å². The topological polar surface area (TPSA) is 20.2 Å². The fraction of sp³-hybridized carbons (Fsp3) is 0.273. The molecule has 13 heavy (non-hydrogen) atoms. The van der Waals surface area contributed by atoms with E-state index in [1.807, 2.05) is 12.2 Å². The van der Waals surface area contributed by atoms with E-state index >= 15 is 0 Å². The van der Waals surface area contributed by atoms with E-state index in [2.05, 4.69) is 0 Å². The second kappa shape index (κ2) is 5.49. The summed E-state index contributed by atoms with van der Waals surface area (Å²) in [5.41, 5.74) is 0.985. The van der Waals surface area contributed by atoms with Crippen LogP contribution in [0.15, 0.2) is 30.3 Å². The van der Waals surface area contributed by atoms with Crippen LogP contribution in [-0.4, -0.2) is 11.7 Å². The first-order valence-electron chi connectivity index (χ1n) is 4.36. The van der Waals surface area contributed by atoms with E-state index in [9.17, 15) is 4.39 Å². The highest BCUT2D eigenvalue weighted by atomic mass is 19.1. The number of rotatable bonds is 4. The maximum atomic E-state index is 12.5. The largest absolute Gasteiger partial charge is 0.396 e. The van der Waals surface area contributed by atoms with Crippen LogP contribution >= 0.6 is 0 Å². The van der Waals surface area contributed by atoms with E-state index in [0.717, 1.165) is 18.4 Å². The van der Waals surface area contributed by atoms with E-state index in [4.69, 9.17) is 5.11 Å². The van der Waals surface area contributed by atoms with Crippen LogP contribution in [0.3, 0.4) is 0 Å². The molecule has 0 saturated heterocycles. The summed E-state index contributed by atoms with van der Waals surface area (Å²) in [6.45, 7) is 0.216. The van der Waals surface area contributed by atoms with Crippen molar-refractivity contribution in [2.24, 2.45) is 0 Å². The standard InChI is InChI=1S/C11H13FO/c12-11-7-5-10(6-8-11)4-2-1-3-9-13/h2,4-8,13H,1,3,9H2/b4-2-. The highest BCUT2D eigenvalue weighted by molar-refractivity contribution is 5.48. The van der Waals surface area contributed by atoms with Crippen LogP contribution in [0.4, 0.5) is 4.39 Å². The Kier molecular flexibility index (Phi) is 4.19. The zero-order valence-corrected chi connectivity index (χ0v) is 7.41. The van der Waals surface area contributed by atoms with Crippen LogP contribution in [0.5, 0.6) is 0 Å². The van der Waals surface area contributed by atoms with Crippen molar-refractivity contribution in [3.05, 3.63) is 41.7 Å². The summed E-state index contributed by atoms with van der Waals surface area (Å²) in [4.78, 5) is 0. The Labute approximate surface area is 77.5 Å². The molecule has 70 valence electrons. The number of aliphatic hydroxyl groups is 1. The van der Waals surface area contributed by atoms with Crippen LogP contribution in [0.25, 0.3) is 6.08 Å². The van der Waals surface area contributed by atoms with Gasteiger partial charge >= 0.3 is 0 Å². The molecule has 0 aliphatic carbocycles. The molecule has 0 bridgehead atoms. The molecular weight excluding hydrogens is 167 g/mol. The van der Waals surface area contributed by atoms with Gasteiger partial charge in [0.15, 0.2) is 0 Å². The second-order valence-electron chi connectivity index (χ2n) is 2.82. The van der Waals surface area contributed by atoms with E-state index in [-0.39, 0.29) is 12.4 Å². The van der Waals surface area contributed by atoms with E-state index in [1.165, 1.54) is 12.1 Å². The van der Waals surface area contributed by atoms with Crippen LogP contribution in [-0.2, 0) is 0 Å². The van der Waals surface area contributed by atoms with Crippen LogP contribution in [0.1, 0.15) is 18.4 Å². The van der Waals surface area contributed by atoms with Crippen molar-refractivity contribution in [1.82, 2.24) is 0 Å². The Bertz CT molecular complexity index is 264. The Morgan fingerprint density at radius 1 is 1.23 bits per heavy atom. The van der Waals surface area contributed by atoms with Gasteiger partial charge in [-0.15, -0.1) is 0 Å². The molecule has 0 fully saturated rings. The van der Waals surface area contributed by atoms with Gasteiger partial charge in [0.25, 0.3) is 0 Å². The molecule has 0 aliphatic rings. The number of halogens is 1. The Morgan fingerprint density at radius 3 is 2.54 bits per heavy atom. The summed E-state index contributed by atoms with van der Waals surface area (Å²) in [6.07, 6.45) is 5.53. The summed E-state index contributed by atoms with van der Waals surface area (Å²) >= 11 is 0. The molecular formula is C11H13FO. The first-order chi connectivity index (χ1) is 6.33. The molecule has 1 rings (SSSR count). The lowest BCUT2D eigenvalue weighted by molar-refractivity contribution is 0.290. The molecule has 0 atom stereocenters. The minimum atomic E-state index is -0.215. The maximum absolute atomic E-state index is 12.5. The molecule has 0 radical (unpaired) electrons. The van der Waals surface area contributed by atoms with E-state index < -0.39 is 0 Å². The number of hydrogen-bond acceptors (Lipinski definition) is 1. The second-order valence-corrected chi connectivity index (χ2v) is 2.82. The number of aliphatic hydroxyl groups excluding tert-OH is 1. The van der Waals surface area contributed by atoms with Crippen LogP contribution < -0.4 is 0 Å². The first-order valence-corrected chi connectivity index (χ1v) is 4.36. The van der Waals surface area contributed by atoms with Crippen molar-refractivity contribution < 1.29 is 9.50 Å². The Morgan fingerprint density at radius 2 is 1.92 bits per heavy atom. The number of hydrogen-bond donors (Lipinski definition) is 1. The van der Waals surface area contributed by atoms with Gasteiger partial charge in [0, 0.05) is 6.61 Å². The molecule has 0 heterocycles. The highest BCUT2D eigenvalue weighted by Gasteiger charge is 1.87. The monoisotopic (exact) mass is 180 g/mol. The molecule has 0 aromatic heterocycles. The molecule has 0 spiro atoms. The van der Waals surface area contributed by atoms with Gasteiger partial charge in [-0.1, -0.05) is 24.3 Å². The maximum Gasteiger partial charge on any atom is 0.123 e. The SMILES string of the molecule is OCCC/C=C\c1ccc(F)cc1. The number of unbranched alkanes of at least 4 members (excludes halogenated alkanes) is 1. The summed E-state index contributed by atoms with van der Waals surface area (Å²) in [6, 6.07) is 6.33. The first kappa shape index (κ1) is 9.93. The van der Waals surface area contributed by atoms with Gasteiger partial charge in [0.05, 0.1) is 0 Å². The fourth-order valence-corrected chi connectivity index (χ4v) is 1.00. The normalized spacial score (nSPS) is 10.9. The van der Waals surface area contributed by atoms with Gasteiger partial charge < -0.3 is 5.11 Å². The molecule has 1 aromatic carbocycles. The molecule has 0 unspecified atom stereocenters. The molecule has 2 heteroatoms. The lowest BCUT2D eigenvalue weighted by Gasteiger charge is -1.92. The predicted octanol–water partition coefficient (Wildman–Crippen LogP) is 2.61. The third-order valence-electron chi connectivity index (χ3n) is 1.71. The van der Waals surface area contributed by atoms with Crippen molar-refractivity contribution in [2.45, 2.75) is 12.8 Å². The highest BCUT2D eigenvalue weighted by Crippen LogP contribution is 2.05. The molecule has 0 aliphatic heterocycles. The van der Waals surface area contributed by atoms with Crippen molar-refractivity contribution in [3.63, 3.8) is 0 Å². The van der Waals surface area contributed by atoms with Crippen molar-refractivity contribution in [3.8, 4) is 0 Å². The minimum Gasteiger partial charge on any atom is -0.396 e. The summed E-state index contributed by atoms with van der Waals surface area (Å²) in [5.74, 6) is -0.215. The predicted molar refractivity (Wildman–Crippen MR) is 51.8 cm³/mol. The van der Waals surface area contributed by atoms with Gasteiger partial charge in [-0.05, 0) is 30.5 Å². The average molecular weight is 180 g/mol. The summed E-state index contributed by atoms with van der Waals surface area (Å²) in [7, 11) is 0. The van der Waals surface area contributed by atoms with E-state index in [1.54, 1.807) is 12.1 Å². The lowest BCUT2D eigenvalue weighted by Crippen LogP contribution is -1.78. The third-order valence-corrected chi connectivity index (χ3v) is 1.71. The summed E-state index contributed by atoms with van der Waals surface area (Å²) < 4.78 is 12.5. The molecule has 1 aromatic rings. The average Bonchev–Trinajstić information content (AvgIpc) is 2.15. The van der Waals surface area contributed by atoms with Gasteiger partial charge in [-0.3, -0.25) is 0 Å². The van der Waals surface area contributed by atoms with Crippen LogP contribution in [0.2, 0.25) is 0 Å². The molecule has 1 N–H and O–H groups in total. The minimum absolute atomic E-state index is 0.215. The molecule has 0 amide bonds. The number of allylic oxidation sites excluding steroid dienone is 1. The van der Waals surface area contributed by atoms with Crippen LogP contribution in [0, 0.1) is 5.82 Å². The zero-order chi connectivity index (χ0) is 9.52. The Balaban J connectivity index is 2.44. The van der Waals surface area contributed by atoms with Gasteiger partial charge in [0.2, 0.25) is 0 Å². The zero-order valence-electron chi connectivity index (χ0n) is 7.41. The number of benzene rings is 1. The van der Waals surface area contributed by atoms with Gasteiger partial charge in [-0.25, -0.2) is 4.39 Å². The fourth-order valence-electron chi connectivity index (χ4n) is 1.00. The quantitative estimate of drug-likeness (QED) is 0.706. The lowest BCUT2D eigenvalue weighted by atomic mass is 10.2. The van der Waals surface area contributed by atoms with Gasteiger partial charge in [0.1, 0.15) is 5.82 Å².